The maximum absolute atomic E-state index is 5.81. The number of para-hydroxylation sites is 1. The Bertz CT molecular complexity index is 701. The van der Waals surface area contributed by atoms with Crippen LogP contribution in [0.15, 0.2) is 39.8 Å². The van der Waals surface area contributed by atoms with Gasteiger partial charge >= 0.3 is 0 Å². The first-order chi connectivity index (χ1) is 12.6. The number of benzene rings is 1. The first kappa shape index (κ1) is 23.3. The zero-order chi connectivity index (χ0) is 18.8. The molecule has 27 heavy (non-hydrogen) atoms. The van der Waals surface area contributed by atoms with Crippen molar-refractivity contribution in [1.82, 2.24) is 15.8 Å². The minimum atomic E-state index is 0. The fourth-order valence-electron chi connectivity index (χ4n) is 2.35. The molecule has 0 saturated carbocycles. The van der Waals surface area contributed by atoms with Crippen LogP contribution in [0.5, 0.6) is 5.75 Å². The smallest absolute Gasteiger partial charge is 0.191 e. The lowest BCUT2D eigenvalue weighted by Gasteiger charge is -2.12. The number of rotatable bonds is 9. The van der Waals surface area contributed by atoms with Crippen molar-refractivity contribution >= 4 is 29.9 Å². The van der Waals surface area contributed by atoms with E-state index in [-0.39, 0.29) is 24.0 Å². The van der Waals surface area contributed by atoms with Crippen LogP contribution in [-0.2, 0) is 6.54 Å². The Labute approximate surface area is 179 Å². The fourth-order valence-corrected chi connectivity index (χ4v) is 2.35. The molecular weight excluding hydrogens is 455 g/mol. The van der Waals surface area contributed by atoms with E-state index < -0.39 is 0 Å². The molecule has 1 aromatic carbocycles. The lowest BCUT2D eigenvalue weighted by Crippen LogP contribution is -2.38. The molecule has 0 fully saturated rings. The van der Waals surface area contributed by atoms with Gasteiger partial charge < -0.3 is 19.9 Å². The molecule has 0 spiro atoms. The number of aliphatic imine (C=N–C) groups is 1. The highest BCUT2D eigenvalue weighted by Gasteiger charge is 2.07. The number of guanidine groups is 1. The van der Waals surface area contributed by atoms with Crippen molar-refractivity contribution in [3.8, 4) is 5.75 Å². The van der Waals surface area contributed by atoms with E-state index in [0.717, 1.165) is 48.2 Å². The van der Waals surface area contributed by atoms with Crippen LogP contribution in [0.25, 0.3) is 0 Å². The van der Waals surface area contributed by atoms with E-state index in [2.05, 4.69) is 47.6 Å². The SMILES string of the molecule is CCNC(=NCc1cc(C(C)C)no1)NCCCOc1ccccc1C.I. The third-order valence-corrected chi connectivity index (χ3v) is 3.87. The summed E-state index contributed by atoms with van der Waals surface area (Å²) in [5.74, 6) is 2.84. The molecule has 0 aliphatic rings. The van der Waals surface area contributed by atoms with Gasteiger partial charge in [-0.15, -0.1) is 24.0 Å². The van der Waals surface area contributed by atoms with Gasteiger partial charge in [0.15, 0.2) is 11.7 Å². The second-order valence-corrected chi connectivity index (χ2v) is 6.46. The molecule has 2 aromatic rings. The molecule has 0 aliphatic carbocycles. The molecule has 1 heterocycles. The normalized spacial score (nSPS) is 11.2. The van der Waals surface area contributed by atoms with Gasteiger partial charge in [-0.05, 0) is 37.8 Å². The Morgan fingerprint density at radius 3 is 2.70 bits per heavy atom. The molecule has 6 nitrogen and oxygen atoms in total. The Balaban J connectivity index is 0.00000364. The number of aromatic nitrogens is 1. The molecular formula is C20H31IN4O2. The molecule has 2 rings (SSSR count). The van der Waals surface area contributed by atoms with Crippen LogP contribution < -0.4 is 15.4 Å². The number of halogens is 1. The van der Waals surface area contributed by atoms with Crippen LogP contribution >= 0.6 is 24.0 Å². The molecule has 0 radical (unpaired) electrons. The van der Waals surface area contributed by atoms with Crippen LogP contribution in [0.2, 0.25) is 0 Å². The number of hydrogen-bond acceptors (Lipinski definition) is 4. The molecule has 2 N–H and O–H groups in total. The maximum Gasteiger partial charge on any atom is 0.191 e. The maximum atomic E-state index is 5.81. The highest BCUT2D eigenvalue weighted by molar-refractivity contribution is 14.0. The average molecular weight is 486 g/mol. The summed E-state index contributed by atoms with van der Waals surface area (Å²) < 4.78 is 11.1. The van der Waals surface area contributed by atoms with Crippen molar-refractivity contribution < 1.29 is 9.26 Å². The van der Waals surface area contributed by atoms with Gasteiger partial charge in [-0.25, -0.2) is 4.99 Å². The molecule has 1 aromatic heterocycles. The number of nitrogens with zero attached hydrogens (tertiary/aromatic N) is 2. The first-order valence-corrected chi connectivity index (χ1v) is 9.26. The fraction of sp³-hybridized carbons (Fsp3) is 0.500. The monoisotopic (exact) mass is 486 g/mol. The Morgan fingerprint density at radius 2 is 2.04 bits per heavy atom. The topological polar surface area (TPSA) is 71.7 Å². The van der Waals surface area contributed by atoms with E-state index in [1.54, 1.807) is 0 Å². The van der Waals surface area contributed by atoms with Crippen molar-refractivity contribution in [2.75, 3.05) is 19.7 Å². The van der Waals surface area contributed by atoms with Crippen LogP contribution in [0.1, 0.15) is 50.1 Å². The van der Waals surface area contributed by atoms with Gasteiger partial charge in [0.1, 0.15) is 12.3 Å². The van der Waals surface area contributed by atoms with Crippen molar-refractivity contribution in [3.05, 3.63) is 47.3 Å². The Hall–Kier alpha value is -1.77. The van der Waals surface area contributed by atoms with Gasteiger partial charge in [0, 0.05) is 19.2 Å². The molecule has 0 amide bonds. The summed E-state index contributed by atoms with van der Waals surface area (Å²) in [5.41, 5.74) is 2.12. The van der Waals surface area contributed by atoms with Gasteiger partial charge in [0.05, 0.1) is 12.3 Å². The second-order valence-electron chi connectivity index (χ2n) is 6.46. The number of nitrogens with one attached hydrogen (secondary N) is 2. The minimum absolute atomic E-state index is 0. The third-order valence-electron chi connectivity index (χ3n) is 3.87. The lowest BCUT2D eigenvalue weighted by atomic mass is 10.1. The quantitative estimate of drug-likeness (QED) is 0.240. The van der Waals surface area contributed by atoms with E-state index in [1.807, 2.05) is 31.2 Å². The zero-order valence-electron chi connectivity index (χ0n) is 16.6. The number of aryl methyl sites for hydroxylation is 1. The van der Waals surface area contributed by atoms with Gasteiger partial charge in [-0.3, -0.25) is 0 Å². The van der Waals surface area contributed by atoms with Gasteiger partial charge in [-0.2, -0.15) is 0 Å². The minimum Gasteiger partial charge on any atom is -0.493 e. The van der Waals surface area contributed by atoms with Crippen molar-refractivity contribution in [1.29, 1.82) is 0 Å². The molecule has 0 bridgehead atoms. The average Bonchev–Trinajstić information content (AvgIpc) is 3.10. The summed E-state index contributed by atoms with van der Waals surface area (Å²) in [4.78, 5) is 4.55. The van der Waals surface area contributed by atoms with E-state index >= 15 is 0 Å². The first-order valence-electron chi connectivity index (χ1n) is 9.26. The predicted octanol–water partition coefficient (Wildman–Crippen LogP) is 4.25. The van der Waals surface area contributed by atoms with E-state index in [1.165, 1.54) is 0 Å². The largest absolute Gasteiger partial charge is 0.493 e. The van der Waals surface area contributed by atoms with Gasteiger partial charge in [-0.1, -0.05) is 37.2 Å². The van der Waals surface area contributed by atoms with Gasteiger partial charge in [0.2, 0.25) is 0 Å². The van der Waals surface area contributed by atoms with Gasteiger partial charge in [0.25, 0.3) is 0 Å². The molecule has 0 aliphatic heterocycles. The van der Waals surface area contributed by atoms with E-state index in [9.17, 15) is 0 Å². The highest BCUT2D eigenvalue weighted by atomic mass is 127. The van der Waals surface area contributed by atoms with Crippen molar-refractivity contribution in [2.24, 2.45) is 4.99 Å². The Kier molecular flexibility index (Phi) is 10.8. The summed E-state index contributed by atoms with van der Waals surface area (Å²) >= 11 is 0. The Morgan fingerprint density at radius 1 is 1.26 bits per heavy atom. The highest BCUT2D eigenvalue weighted by Crippen LogP contribution is 2.16. The summed E-state index contributed by atoms with van der Waals surface area (Å²) in [7, 11) is 0. The predicted molar refractivity (Wildman–Crippen MR) is 120 cm³/mol. The number of hydrogen-bond donors (Lipinski definition) is 2. The molecule has 7 heteroatoms. The molecule has 150 valence electrons. The van der Waals surface area contributed by atoms with Crippen LogP contribution in [-0.4, -0.2) is 30.8 Å². The van der Waals surface area contributed by atoms with E-state index in [0.29, 0.717) is 19.1 Å². The standard InChI is InChI=1S/C20H30N4O2.HI/c1-5-21-20(23-14-17-13-18(15(2)3)24-26-17)22-11-8-12-25-19-10-7-6-9-16(19)4;/h6-7,9-10,13,15H,5,8,11-12,14H2,1-4H3,(H2,21,22,23);1H. The van der Waals surface area contributed by atoms with Crippen molar-refractivity contribution in [3.63, 3.8) is 0 Å². The van der Waals surface area contributed by atoms with Crippen molar-refractivity contribution in [2.45, 2.75) is 46.6 Å². The van der Waals surface area contributed by atoms with Crippen LogP contribution in [0, 0.1) is 6.92 Å². The summed E-state index contributed by atoms with van der Waals surface area (Å²) in [6, 6.07) is 10.0. The second kappa shape index (κ2) is 12.6. The summed E-state index contributed by atoms with van der Waals surface area (Å²) in [5, 5.41) is 10.6. The summed E-state index contributed by atoms with van der Waals surface area (Å²) in [6.45, 7) is 11.0. The lowest BCUT2D eigenvalue weighted by molar-refractivity contribution is 0.309. The number of ether oxygens (including phenoxy) is 1. The summed E-state index contributed by atoms with van der Waals surface area (Å²) in [6.07, 6.45) is 0.887. The molecule has 0 saturated heterocycles. The molecule has 0 atom stereocenters. The van der Waals surface area contributed by atoms with Crippen LogP contribution in [0.4, 0.5) is 0 Å². The molecule has 0 unspecified atom stereocenters. The third kappa shape index (κ3) is 8.19. The van der Waals surface area contributed by atoms with E-state index in [4.69, 9.17) is 9.26 Å². The van der Waals surface area contributed by atoms with Crippen LogP contribution in [0.3, 0.4) is 0 Å². The zero-order valence-corrected chi connectivity index (χ0v) is 18.9.